The molecule has 0 fully saturated rings. The largest absolute Gasteiger partial charge is 0.472 e. The van der Waals surface area contributed by atoms with Crippen LogP contribution < -0.4 is 0 Å². The van der Waals surface area contributed by atoms with Gasteiger partial charge < -0.3 is 33.8 Å². The van der Waals surface area contributed by atoms with Crippen molar-refractivity contribution in [3.8, 4) is 0 Å². The zero-order valence-electron chi connectivity index (χ0n) is 60.6. The van der Waals surface area contributed by atoms with E-state index < -0.39 is 97.5 Å². The molecule has 0 aromatic rings. The molecule has 17 nitrogen and oxygen atoms in total. The molecule has 0 aromatic carbocycles. The van der Waals surface area contributed by atoms with Crippen molar-refractivity contribution in [1.82, 2.24) is 0 Å². The summed E-state index contributed by atoms with van der Waals surface area (Å²) in [6, 6.07) is 0. The van der Waals surface area contributed by atoms with Crippen LogP contribution in [0.15, 0.2) is 0 Å². The SMILES string of the molecule is CCCCCCCCCCCC(=O)O[C@H](COC(=O)CCCCCCCCCC)COP(=O)(O)OC[C@H](O)COP(=O)(O)OC[C@@H](COC(=O)CCCCCCCCCCCCCCCCC(C)CC)OC(=O)CCCCCCCCCCCCCCCCC(C)CC. The van der Waals surface area contributed by atoms with Gasteiger partial charge in [0.2, 0.25) is 0 Å². The Morgan fingerprint density at radius 1 is 0.301 bits per heavy atom. The Balaban J connectivity index is 5.19. The molecule has 0 aliphatic rings. The first-order valence-electron chi connectivity index (χ1n) is 38.6. The number of esters is 4. The van der Waals surface area contributed by atoms with Crippen LogP contribution in [-0.4, -0.2) is 96.7 Å². The van der Waals surface area contributed by atoms with Gasteiger partial charge >= 0.3 is 39.5 Å². The van der Waals surface area contributed by atoms with Crippen molar-refractivity contribution >= 4 is 39.5 Å². The second-order valence-electron chi connectivity index (χ2n) is 27.2. The maximum Gasteiger partial charge on any atom is 0.472 e. The van der Waals surface area contributed by atoms with Crippen LogP contribution in [0.3, 0.4) is 0 Å². The third-order valence-electron chi connectivity index (χ3n) is 17.9. The molecule has 0 bridgehead atoms. The summed E-state index contributed by atoms with van der Waals surface area (Å²) in [5, 5.41) is 10.6. The average molecular weight is 1370 g/mol. The molecule has 0 radical (unpaired) electrons. The quantitative estimate of drug-likeness (QED) is 0.0222. The molecule has 0 saturated heterocycles. The summed E-state index contributed by atoms with van der Waals surface area (Å²) in [6.07, 6.45) is 52.7. The van der Waals surface area contributed by atoms with E-state index in [2.05, 4.69) is 41.5 Å². The van der Waals surface area contributed by atoms with E-state index in [0.717, 1.165) is 108 Å². The molecule has 19 heteroatoms. The zero-order valence-corrected chi connectivity index (χ0v) is 62.3. The highest BCUT2D eigenvalue weighted by Crippen LogP contribution is 2.45. The van der Waals surface area contributed by atoms with Crippen LogP contribution in [0.5, 0.6) is 0 Å². The van der Waals surface area contributed by atoms with Gasteiger partial charge in [0.1, 0.15) is 19.3 Å². The summed E-state index contributed by atoms with van der Waals surface area (Å²) in [5.41, 5.74) is 0. The number of unbranched alkanes of at least 4 members (excludes halogenated alkanes) is 41. The highest BCUT2D eigenvalue weighted by molar-refractivity contribution is 7.47. The smallest absolute Gasteiger partial charge is 0.462 e. The number of carbonyl (C=O) groups excluding carboxylic acids is 4. The number of hydrogen-bond acceptors (Lipinski definition) is 15. The minimum absolute atomic E-state index is 0.106. The second kappa shape index (κ2) is 66.0. The average Bonchev–Trinajstić information content (AvgIpc) is 2.27. The van der Waals surface area contributed by atoms with Crippen molar-refractivity contribution in [1.29, 1.82) is 0 Å². The van der Waals surface area contributed by atoms with Crippen molar-refractivity contribution in [3.63, 3.8) is 0 Å². The first-order chi connectivity index (χ1) is 44.9. The van der Waals surface area contributed by atoms with Gasteiger partial charge in [0.15, 0.2) is 12.2 Å². The van der Waals surface area contributed by atoms with E-state index in [0.29, 0.717) is 25.7 Å². The van der Waals surface area contributed by atoms with E-state index >= 15 is 0 Å². The molecule has 0 amide bonds. The van der Waals surface area contributed by atoms with Crippen LogP contribution in [0.2, 0.25) is 0 Å². The van der Waals surface area contributed by atoms with Crippen molar-refractivity contribution in [2.45, 2.75) is 400 Å². The van der Waals surface area contributed by atoms with Gasteiger partial charge in [0, 0.05) is 25.7 Å². The Labute approximate surface area is 568 Å². The molecule has 0 aliphatic heterocycles. The van der Waals surface area contributed by atoms with Crippen molar-refractivity contribution in [2.24, 2.45) is 11.8 Å². The first kappa shape index (κ1) is 91.1. The summed E-state index contributed by atoms with van der Waals surface area (Å²) in [7, 11) is -9.90. The molecule has 0 aliphatic carbocycles. The fourth-order valence-electron chi connectivity index (χ4n) is 11.2. The van der Waals surface area contributed by atoms with Gasteiger partial charge in [-0.15, -0.1) is 0 Å². The van der Waals surface area contributed by atoms with Crippen LogP contribution in [0.1, 0.15) is 382 Å². The highest BCUT2D eigenvalue weighted by Gasteiger charge is 2.30. The zero-order chi connectivity index (χ0) is 68.6. The number of hydrogen-bond donors (Lipinski definition) is 3. The number of phosphoric acid groups is 2. The number of phosphoric ester groups is 2. The number of aliphatic hydroxyl groups is 1. The van der Waals surface area contributed by atoms with Gasteiger partial charge in [-0.05, 0) is 37.5 Å². The van der Waals surface area contributed by atoms with E-state index in [9.17, 15) is 43.2 Å². The van der Waals surface area contributed by atoms with Crippen molar-refractivity contribution < 1.29 is 80.2 Å². The normalized spacial score (nSPS) is 14.6. The van der Waals surface area contributed by atoms with Gasteiger partial charge in [-0.2, -0.15) is 0 Å². The van der Waals surface area contributed by atoms with Gasteiger partial charge in [-0.3, -0.25) is 37.3 Å². The summed E-state index contributed by atoms with van der Waals surface area (Å²) in [4.78, 5) is 72.5. The first-order valence-corrected chi connectivity index (χ1v) is 41.6. The lowest BCUT2D eigenvalue weighted by atomic mass is 9.99. The Kier molecular flexibility index (Phi) is 64.6. The molecule has 0 aromatic heterocycles. The molecule has 552 valence electrons. The predicted molar refractivity (Wildman–Crippen MR) is 377 cm³/mol. The molecule has 4 unspecified atom stereocenters. The van der Waals surface area contributed by atoms with Crippen molar-refractivity contribution in [2.75, 3.05) is 39.6 Å². The molecular weight excluding hydrogens is 1220 g/mol. The number of carbonyl (C=O) groups is 4. The molecule has 7 atom stereocenters. The molecule has 0 heterocycles. The van der Waals surface area contributed by atoms with Gasteiger partial charge in [0.05, 0.1) is 26.4 Å². The molecular formula is C74H144O17P2. The van der Waals surface area contributed by atoms with Crippen molar-refractivity contribution in [3.05, 3.63) is 0 Å². The Morgan fingerprint density at radius 2 is 0.516 bits per heavy atom. The molecule has 0 spiro atoms. The summed E-state index contributed by atoms with van der Waals surface area (Å²) in [5.74, 6) is -0.426. The lowest BCUT2D eigenvalue weighted by Crippen LogP contribution is -2.30. The maximum absolute atomic E-state index is 13.1. The Bertz CT molecular complexity index is 1810. The maximum atomic E-state index is 13.1. The van der Waals surface area contributed by atoms with E-state index in [1.54, 1.807) is 0 Å². The molecule has 0 rings (SSSR count). The molecule has 0 saturated carbocycles. The summed E-state index contributed by atoms with van der Waals surface area (Å²) in [6.45, 7) is 9.65. The minimum Gasteiger partial charge on any atom is -0.462 e. The van der Waals surface area contributed by atoms with E-state index in [1.807, 2.05) is 0 Å². The van der Waals surface area contributed by atoms with Gasteiger partial charge in [-0.1, -0.05) is 330 Å². The lowest BCUT2D eigenvalue weighted by Gasteiger charge is -2.21. The van der Waals surface area contributed by atoms with Gasteiger partial charge in [0.25, 0.3) is 0 Å². The fourth-order valence-corrected chi connectivity index (χ4v) is 12.8. The van der Waals surface area contributed by atoms with E-state index in [-0.39, 0.29) is 25.7 Å². The van der Waals surface area contributed by atoms with Crippen LogP contribution in [0.4, 0.5) is 0 Å². The highest BCUT2D eigenvalue weighted by atomic mass is 31.2. The monoisotopic (exact) mass is 1370 g/mol. The number of ether oxygens (including phenoxy) is 4. The second-order valence-corrected chi connectivity index (χ2v) is 30.1. The van der Waals surface area contributed by atoms with Gasteiger partial charge in [-0.25, -0.2) is 9.13 Å². The third-order valence-corrected chi connectivity index (χ3v) is 19.8. The Morgan fingerprint density at radius 3 is 0.763 bits per heavy atom. The summed E-state index contributed by atoms with van der Waals surface area (Å²) >= 11 is 0. The third kappa shape index (κ3) is 65.8. The van der Waals surface area contributed by atoms with E-state index in [4.69, 9.17) is 37.0 Å². The predicted octanol–water partition coefficient (Wildman–Crippen LogP) is 21.6. The standard InChI is InChI=1S/C74H144O17P2/c1-7-11-13-15-17-31-40-46-52-58-73(78)90-69(62-84-71(76)56-50-44-38-18-16-14-12-8-2)64-88-92(80,81)86-60-68(75)61-87-93(82,83)89-65-70(91-74(79)59-53-47-41-35-30-26-22-20-24-28-33-37-43-49-55-67(6)10-4)63-85-72(77)57-51-45-39-34-29-25-21-19-23-27-32-36-42-48-54-66(5)9-3/h66-70,75H,7-65H2,1-6H3,(H,80,81)(H,82,83)/t66?,67?,68-,69+,70+/m0/s1. The fraction of sp³-hybridized carbons (Fsp3) is 0.946. The van der Waals surface area contributed by atoms with Crippen LogP contribution in [-0.2, 0) is 65.4 Å². The molecule has 3 N–H and O–H groups in total. The lowest BCUT2D eigenvalue weighted by molar-refractivity contribution is -0.161. The van der Waals surface area contributed by atoms with Crippen LogP contribution in [0.25, 0.3) is 0 Å². The van der Waals surface area contributed by atoms with Crippen LogP contribution >= 0.6 is 15.6 Å². The Hall–Kier alpha value is -1.94. The van der Waals surface area contributed by atoms with E-state index in [1.165, 1.54) is 193 Å². The summed E-state index contributed by atoms with van der Waals surface area (Å²) < 4.78 is 68.3. The number of aliphatic hydroxyl groups excluding tert-OH is 1. The minimum atomic E-state index is -4.95. The number of rotatable bonds is 73. The topological polar surface area (TPSA) is 237 Å². The van der Waals surface area contributed by atoms with Crippen LogP contribution in [0, 0.1) is 11.8 Å². The molecule has 93 heavy (non-hydrogen) atoms.